The van der Waals surface area contributed by atoms with Gasteiger partial charge in [-0.05, 0) is 19.9 Å². The molecule has 2 heterocycles. The Morgan fingerprint density at radius 2 is 1.86 bits per heavy atom. The van der Waals surface area contributed by atoms with Gasteiger partial charge in [-0.2, -0.15) is 4.39 Å². The zero-order chi connectivity index (χ0) is 20.1. The van der Waals surface area contributed by atoms with Gasteiger partial charge >= 0.3 is 0 Å². The quantitative estimate of drug-likeness (QED) is 0.690. The van der Waals surface area contributed by atoms with Gasteiger partial charge in [0.05, 0.1) is 18.5 Å². The molecule has 0 saturated heterocycles. The molecule has 0 bridgehead atoms. The van der Waals surface area contributed by atoms with Crippen LogP contribution in [0.5, 0.6) is 17.2 Å². The summed E-state index contributed by atoms with van der Waals surface area (Å²) in [6.45, 7) is 3.70. The highest BCUT2D eigenvalue weighted by Gasteiger charge is 2.16. The molecule has 144 valence electrons. The van der Waals surface area contributed by atoms with Crippen molar-refractivity contribution in [3.63, 3.8) is 0 Å². The minimum Gasteiger partial charge on any atom is -0.491 e. The molecule has 1 aromatic carbocycles. The lowest BCUT2D eigenvalue weighted by Gasteiger charge is -2.12. The van der Waals surface area contributed by atoms with Gasteiger partial charge in [0.2, 0.25) is 5.82 Å². The van der Waals surface area contributed by atoms with Crippen LogP contribution in [0.25, 0.3) is 0 Å². The molecule has 0 aliphatic rings. The Balaban J connectivity index is 1.81. The molecule has 0 atom stereocenters. The smallest absolute Gasteiger partial charge is 0.274 e. The van der Waals surface area contributed by atoms with Gasteiger partial charge in [-0.3, -0.25) is 9.78 Å². The summed E-state index contributed by atoms with van der Waals surface area (Å²) in [5.41, 5.74) is 0.0505. The van der Waals surface area contributed by atoms with E-state index in [0.29, 0.717) is 5.75 Å². The molecule has 0 spiro atoms. The number of hydrogen-bond donors (Lipinski definition) is 1. The van der Waals surface area contributed by atoms with Crippen molar-refractivity contribution >= 4 is 11.6 Å². The largest absolute Gasteiger partial charge is 0.491 e. The number of ether oxygens (including phenoxy) is 2. The number of rotatable bonds is 6. The Kier molecular flexibility index (Phi) is 5.73. The first-order chi connectivity index (χ1) is 13.4. The van der Waals surface area contributed by atoms with Crippen LogP contribution in [0.1, 0.15) is 24.3 Å². The fraction of sp³-hybridized carbons (Fsp3) is 0.158. The Morgan fingerprint density at radius 3 is 2.57 bits per heavy atom. The number of nitrogens with one attached hydrogen (secondary N) is 1. The second-order valence-electron chi connectivity index (χ2n) is 5.94. The summed E-state index contributed by atoms with van der Waals surface area (Å²) >= 11 is 0. The lowest BCUT2D eigenvalue weighted by atomic mass is 10.2. The van der Waals surface area contributed by atoms with Gasteiger partial charge in [0, 0.05) is 30.1 Å². The molecule has 7 nitrogen and oxygen atoms in total. The number of pyridine rings is 1. The van der Waals surface area contributed by atoms with Crippen molar-refractivity contribution in [2.75, 3.05) is 5.32 Å². The van der Waals surface area contributed by atoms with Gasteiger partial charge in [-0.15, -0.1) is 0 Å². The molecule has 0 aliphatic carbocycles. The number of aromatic nitrogens is 3. The third-order valence-electron chi connectivity index (χ3n) is 3.35. The van der Waals surface area contributed by atoms with Gasteiger partial charge in [-0.25, -0.2) is 14.4 Å². The SMILES string of the molecule is CC(C)Oc1ccnc(C(=O)Nc2cc(F)c(F)c(Oc3cncnc3)c2)c1. The summed E-state index contributed by atoms with van der Waals surface area (Å²) < 4.78 is 38.7. The van der Waals surface area contributed by atoms with Crippen LogP contribution in [0.15, 0.2) is 49.2 Å². The molecule has 0 saturated carbocycles. The topological polar surface area (TPSA) is 86.2 Å². The van der Waals surface area contributed by atoms with E-state index in [1.165, 1.54) is 31.0 Å². The molecule has 1 amide bonds. The van der Waals surface area contributed by atoms with E-state index < -0.39 is 23.3 Å². The summed E-state index contributed by atoms with van der Waals surface area (Å²) in [6.07, 6.45) is 5.19. The molecule has 0 aliphatic heterocycles. The van der Waals surface area contributed by atoms with Crippen LogP contribution >= 0.6 is 0 Å². The van der Waals surface area contributed by atoms with Gasteiger partial charge in [0.15, 0.2) is 17.3 Å². The van der Waals surface area contributed by atoms with E-state index in [1.807, 2.05) is 13.8 Å². The van der Waals surface area contributed by atoms with Crippen molar-refractivity contribution in [3.8, 4) is 17.2 Å². The van der Waals surface area contributed by atoms with Crippen LogP contribution in [0.4, 0.5) is 14.5 Å². The molecule has 2 aromatic heterocycles. The number of nitrogens with zero attached hydrogens (tertiary/aromatic N) is 3. The van der Waals surface area contributed by atoms with Crippen LogP contribution in [0.3, 0.4) is 0 Å². The van der Waals surface area contributed by atoms with E-state index in [-0.39, 0.29) is 23.2 Å². The molecular formula is C19H16F2N4O3. The standard InChI is InChI=1S/C19H16F2N4O3/c1-11(2)27-13-3-4-24-16(7-13)19(26)25-12-5-15(20)18(21)17(6-12)28-14-8-22-10-23-9-14/h3-11H,1-2H3,(H,25,26). The first kappa shape index (κ1) is 19.2. The fourth-order valence-corrected chi connectivity index (χ4v) is 2.25. The van der Waals surface area contributed by atoms with Crippen molar-refractivity contribution in [1.29, 1.82) is 0 Å². The van der Waals surface area contributed by atoms with Gasteiger partial charge in [-0.1, -0.05) is 0 Å². The van der Waals surface area contributed by atoms with Gasteiger partial charge < -0.3 is 14.8 Å². The molecule has 3 rings (SSSR count). The normalized spacial score (nSPS) is 10.6. The second-order valence-corrected chi connectivity index (χ2v) is 5.94. The monoisotopic (exact) mass is 386 g/mol. The van der Waals surface area contributed by atoms with E-state index in [0.717, 1.165) is 12.1 Å². The number of hydrogen-bond acceptors (Lipinski definition) is 6. The zero-order valence-electron chi connectivity index (χ0n) is 15.0. The van der Waals surface area contributed by atoms with Crippen LogP contribution in [0.2, 0.25) is 0 Å². The Hall–Kier alpha value is -3.62. The first-order valence-electron chi connectivity index (χ1n) is 8.28. The number of amides is 1. The number of halogens is 2. The zero-order valence-corrected chi connectivity index (χ0v) is 15.0. The molecule has 28 heavy (non-hydrogen) atoms. The maximum atomic E-state index is 14.0. The number of benzene rings is 1. The predicted molar refractivity (Wildman–Crippen MR) is 96.4 cm³/mol. The van der Waals surface area contributed by atoms with Crippen molar-refractivity contribution in [2.45, 2.75) is 20.0 Å². The second kappa shape index (κ2) is 8.38. The molecular weight excluding hydrogens is 370 g/mol. The number of carbonyl (C=O) groups is 1. The average Bonchev–Trinajstić information content (AvgIpc) is 2.66. The Morgan fingerprint density at radius 1 is 1.11 bits per heavy atom. The van der Waals surface area contributed by atoms with E-state index in [2.05, 4.69) is 20.3 Å². The highest BCUT2D eigenvalue weighted by Crippen LogP contribution is 2.29. The highest BCUT2D eigenvalue weighted by molar-refractivity contribution is 6.03. The Labute approximate surface area is 159 Å². The number of anilines is 1. The van der Waals surface area contributed by atoms with Crippen molar-refractivity contribution in [1.82, 2.24) is 15.0 Å². The molecule has 3 aromatic rings. The summed E-state index contributed by atoms with van der Waals surface area (Å²) in [5, 5.41) is 2.46. The van der Waals surface area contributed by atoms with E-state index in [1.54, 1.807) is 6.07 Å². The minimum absolute atomic E-state index is 0.00673. The summed E-state index contributed by atoms with van der Waals surface area (Å²) in [6, 6.07) is 5.06. The third kappa shape index (κ3) is 4.76. The van der Waals surface area contributed by atoms with E-state index in [9.17, 15) is 13.6 Å². The molecule has 0 radical (unpaired) electrons. The molecule has 0 unspecified atom stereocenters. The van der Waals surface area contributed by atoms with Crippen LogP contribution in [-0.4, -0.2) is 27.0 Å². The number of carbonyl (C=O) groups excluding carboxylic acids is 1. The summed E-state index contributed by atoms with van der Waals surface area (Å²) in [7, 11) is 0. The van der Waals surface area contributed by atoms with Crippen LogP contribution in [-0.2, 0) is 0 Å². The molecule has 0 fully saturated rings. The first-order valence-corrected chi connectivity index (χ1v) is 8.28. The fourth-order valence-electron chi connectivity index (χ4n) is 2.25. The maximum absolute atomic E-state index is 14.0. The van der Waals surface area contributed by atoms with E-state index in [4.69, 9.17) is 9.47 Å². The van der Waals surface area contributed by atoms with E-state index >= 15 is 0 Å². The summed E-state index contributed by atoms with van der Waals surface area (Å²) in [5.74, 6) is -2.84. The van der Waals surface area contributed by atoms with Gasteiger partial charge in [0.25, 0.3) is 5.91 Å². The van der Waals surface area contributed by atoms with Gasteiger partial charge in [0.1, 0.15) is 17.8 Å². The maximum Gasteiger partial charge on any atom is 0.274 e. The minimum atomic E-state index is -1.20. The predicted octanol–water partition coefficient (Wildman–Crippen LogP) is 3.98. The molecule has 1 N–H and O–H groups in total. The lowest BCUT2D eigenvalue weighted by Crippen LogP contribution is -2.15. The van der Waals surface area contributed by atoms with Crippen molar-refractivity contribution in [2.24, 2.45) is 0 Å². The molecule has 9 heteroatoms. The highest BCUT2D eigenvalue weighted by atomic mass is 19.2. The van der Waals surface area contributed by atoms with Crippen LogP contribution in [0, 0.1) is 11.6 Å². The Bertz CT molecular complexity index is 984. The van der Waals surface area contributed by atoms with Crippen LogP contribution < -0.4 is 14.8 Å². The summed E-state index contributed by atoms with van der Waals surface area (Å²) in [4.78, 5) is 23.8. The average molecular weight is 386 g/mol. The third-order valence-corrected chi connectivity index (χ3v) is 3.35. The van der Waals surface area contributed by atoms with Crippen molar-refractivity contribution < 1.29 is 23.0 Å². The lowest BCUT2D eigenvalue weighted by molar-refractivity contribution is 0.102. The van der Waals surface area contributed by atoms with Crippen molar-refractivity contribution in [3.05, 3.63) is 66.5 Å².